The highest BCUT2D eigenvalue weighted by atomic mass is 35.5. The van der Waals surface area contributed by atoms with Gasteiger partial charge in [0.1, 0.15) is 0 Å². The number of rotatable bonds is 4. The van der Waals surface area contributed by atoms with Crippen LogP contribution in [0.5, 0.6) is 0 Å². The molecule has 0 aromatic heterocycles. The van der Waals surface area contributed by atoms with Crippen molar-refractivity contribution in [1.82, 2.24) is 5.32 Å². The summed E-state index contributed by atoms with van der Waals surface area (Å²) in [6.07, 6.45) is -4.90. The van der Waals surface area contributed by atoms with Gasteiger partial charge in [-0.2, -0.15) is 13.2 Å². The van der Waals surface area contributed by atoms with E-state index < -0.39 is 24.2 Å². The Balaban J connectivity index is 4.75. The maximum Gasteiger partial charge on any atom is 0.417 e. The molecule has 14 heavy (non-hydrogen) atoms. The van der Waals surface area contributed by atoms with Crippen molar-refractivity contribution >= 4 is 17.6 Å². The number of hydrogen-bond acceptors (Lipinski definition) is 2. The first kappa shape index (κ1) is 13.2. The van der Waals surface area contributed by atoms with E-state index in [0.717, 1.165) is 0 Å². The van der Waals surface area contributed by atoms with E-state index in [2.05, 4.69) is 6.58 Å². The van der Waals surface area contributed by atoms with Gasteiger partial charge in [-0.25, -0.2) is 4.79 Å². The third-order valence-electron chi connectivity index (χ3n) is 1.63. The van der Waals surface area contributed by atoms with Gasteiger partial charge in [0.15, 0.2) is 0 Å². The molecule has 3 nitrogen and oxygen atoms in total. The van der Waals surface area contributed by atoms with Crippen molar-refractivity contribution in [2.45, 2.75) is 18.6 Å². The average Bonchev–Trinajstić information content (AvgIpc) is 1.97. The fourth-order valence-electron chi connectivity index (χ4n) is 0.570. The molecule has 0 aromatic rings. The first-order valence-corrected chi connectivity index (χ1v) is 3.87. The first-order valence-electron chi connectivity index (χ1n) is 3.49. The SMILES string of the molecule is C=C(Cl)CNC(C)(C(=O)O)C(F)(F)F. The molecule has 0 aliphatic heterocycles. The van der Waals surface area contributed by atoms with E-state index in [9.17, 15) is 18.0 Å². The molecule has 2 N–H and O–H groups in total. The van der Waals surface area contributed by atoms with Gasteiger partial charge in [0, 0.05) is 11.6 Å². The van der Waals surface area contributed by atoms with Crippen LogP contribution < -0.4 is 5.32 Å². The lowest BCUT2D eigenvalue weighted by Crippen LogP contribution is -2.60. The van der Waals surface area contributed by atoms with Gasteiger partial charge in [-0.1, -0.05) is 18.2 Å². The minimum Gasteiger partial charge on any atom is -0.480 e. The zero-order chi connectivity index (χ0) is 11.6. The van der Waals surface area contributed by atoms with Gasteiger partial charge in [0.2, 0.25) is 5.54 Å². The Kier molecular flexibility index (Phi) is 3.96. The molecule has 0 fully saturated rings. The molecule has 0 aliphatic carbocycles. The highest BCUT2D eigenvalue weighted by Gasteiger charge is 2.57. The molecule has 0 rings (SSSR count). The van der Waals surface area contributed by atoms with Gasteiger partial charge >= 0.3 is 12.1 Å². The molecule has 82 valence electrons. The van der Waals surface area contributed by atoms with Gasteiger partial charge in [0.25, 0.3) is 0 Å². The second-order valence-corrected chi connectivity index (χ2v) is 3.33. The van der Waals surface area contributed by atoms with Crippen molar-refractivity contribution in [3.8, 4) is 0 Å². The summed E-state index contributed by atoms with van der Waals surface area (Å²) in [5, 5.41) is 10.1. The van der Waals surface area contributed by atoms with E-state index >= 15 is 0 Å². The third-order valence-corrected chi connectivity index (χ3v) is 1.76. The standard InChI is InChI=1S/C7H9ClF3NO2/c1-4(8)3-12-6(2,5(13)14)7(9,10)11/h12H,1,3H2,2H3,(H,13,14). The van der Waals surface area contributed by atoms with Crippen LogP contribution in [-0.2, 0) is 4.79 Å². The molecular formula is C7H9ClF3NO2. The Morgan fingerprint density at radius 2 is 2.00 bits per heavy atom. The minimum absolute atomic E-state index is 0.0956. The fourth-order valence-corrected chi connectivity index (χ4v) is 0.637. The van der Waals surface area contributed by atoms with Crippen LogP contribution in [0.4, 0.5) is 13.2 Å². The lowest BCUT2D eigenvalue weighted by molar-refractivity contribution is -0.205. The summed E-state index contributed by atoms with van der Waals surface area (Å²) in [6, 6.07) is 0. The van der Waals surface area contributed by atoms with Crippen LogP contribution in [0.3, 0.4) is 0 Å². The Hall–Kier alpha value is -0.750. The van der Waals surface area contributed by atoms with Crippen LogP contribution in [0.1, 0.15) is 6.92 Å². The Labute approximate surface area is 83.5 Å². The molecule has 0 spiro atoms. The number of carbonyl (C=O) groups is 1. The molecule has 0 amide bonds. The fraction of sp³-hybridized carbons (Fsp3) is 0.571. The summed E-state index contributed by atoms with van der Waals surface area (Å²) >= 11 is 5.22. The van der Waals surface area contributed by atoms with Crippen LogP contribution in [0.2, 0.25) is 0 Å². The van der Waals surface area contributed by atoms with Crippen LogP contribution in [0, 0.1) is 0 Å². The summed E-state index contributed by atoms with van der Waals surface area (Å²) < 4.78 is 36.9. The highest BCUT2D eigenvalue weighted by molar-refractivity contribution is 6.29. The van der Waals surface area contributed by atoms with Crippen molar-refractivity contribution in [2.75, 3.05) is 6.54 Å². The maximum absolute atomic E-state index is 12.3. The van der Waals surface area contributed by atoms with Gasteiger partial charge < -0.3 is 5.11 Å². The number of halogens is 4. The summed E-state index contributed by atoms with van der Waals surface area (Å²) in [5.41, 5.74) is -3.01. The van der Waals surface area contributed by atoms with Crippen LogP contribution in [0.25, 0.3) is 0 Å². The van der Waals surface area contributed by atoms with Crippen molar-refractivity contribution in [3.63, 3.8) is 0 Å². The molecule has 0 aliphatic rings. The Morgan fingerprint density at radius 3 is 2.21 bits per heavy atom. The Bertz CT molecular complexity index is 254. The lowest BCUT2D eigenvalue weighted by atomic mass is 10.0. The molecule has 1 atom stereocenters. The maximum atomic E-state index is 12.3. The number of nitrogens with one attached hydrogen (secondary N) is 1. The van der Waals surface area contributed by atoms with Crippen molar-refractivity contribution in [3.05, 3.63) is 11.6 Å². The predicted octanol–water partition coefficient (Wildman–Crippen LogP) is 1.73. The summed E-state index contributed by atoms with van der Waals surface area (Å²) in [7, 11) is 0. The Morgan fingerprint density at radius 1 is 1.57 bits per heavy atom. The minimum atomic E-state index is -4.90. The molecule has 7 heteroatoms. The zero-order valence-corrected chi connectivity index (χ0v) is 8.04. The topological polar surface area (TPSA) is 49.3 Å². The molecule has 0 saturated carbocycles. The van der Waals surface area contributed by atoms with Gasteiger partial charge in [-0.3, -0.25) is 5.32 Å². The van der Waals surface area contributed by atoms with Crippen molar-refractivity contribution in [2.24, 2.45) is 0 Å². The van der Waals surface area contributed by atoms with E-state index in [-0.39, 0.29) is 5.03 Å². The number of carboxylic acid groups (broad SMARTS) is 1. The number of carboxylic acids is 1. The van der Waals surface area contributed by atoms with Crippen LogP contribution >= 0.6 is 11.6 Å². The first-order chi connectivity index (χ1) is 6.11. The molecule has 0 radical (unpaired) electrons. The van der Waals surface area contributed by atoms with E-state index in [0.29, 0.717) is 6.92 Å². The monoisotopic (exact) mass is 231 g/mol. The normalized spacial score (nSPS) is 16.1. The molecule has 0 saturated heterocycles. The van der Waals surface area contributed by atoms with E-state index in [1.54, 1.807) is 5.32 Å². The lowest BCUT2D eigenvalue weighted by Gasteiger charge is -2.28. The molecular weight excluding hydrogens is 223 g/mol. The van der Waals surface area contributed by atoms with E-state index in [4.69, 9.17) is 16.7 Å². The van der Waals surface area contributed by atoms with Gasteiger partial charge in [-0.15, -0.1) is 0 Å². The second kappa shape index (κ2) is 4.18. The number of hydrogen-bond donors (Lipinski definition) is 2. The second-order valence-electron chi connectivity index (χ2n) is 2.80. The predicted molar refractivity (Wildman–Crippen MR) is 45.1 cm³/mol. The zero-order valence-electron chi connectivity index (χ0n) is 7.28. The molecule has 0 heterocycles. The molecule has 1 unspecified atom stereocenters. The van der Waals surface area contributed by atoms with E-state index in [1.165, 1.54) is 0 Å². The van der Waals surface area contributed by atoms with Gasteiger partial charge in [-0.05, 0) is 6.92 Å². The van der Waals surface area contributed by atoms with Gasteiger partial charge in [0.05, 0.1) is 0 Å². The summed E-state index contributed by atoms with van der Waals surface area (Å²) in [4.78, 5) is 10.4. The highest BCUT2D eigenvalue weighted by Crippen LogP contribution is 2.30. The van der Waals surface area contributed by atoms with Crippen molar-refractivity contribution in [1.29, 1.82) is 0 Å². The average molecular weight is 232 g/mol. The molecule has 0 aromatic carbocycles. The largest absolute Gasteiger partial charge is 0.480 e. The number of aliphatic carboxylic acids is 1. The van der Waals surface area contributed by atoms with E-state index in [1.807, 2.05) is 0 Å². The third kappa shape index (κ3) is 2.88. The van der Waals surface area contributed by atoms with Crippen molar-refractivity contribution < 1.29 is 23.1 Å². The number of alkyl halides is 3. The smallest absolute Gasteiger partial charge is 0.417 e. The molecule has 0 bridgehead atoms. The summed E-state index contributed by atoms with van der Waals surface area (Å²) in [6.45, 7) is 3.24. The summed E-state index contributed by atoms with van der Waals surface area (Å²) in [5.74, 6) is -2.01. The van der Waals surface area contributed by atoms with Crippen LogP contribution in [-0.4, -0.2) is 29.3 Å². The van der Waals surface area contributed by atoms with Crippen LogP contribution in [0.15, 0.2) is 11.6 Å². The quantitative estimate of drug-likeness (QED) is 0.775.